The van der Waals surface area contributed by atoms with Crippen molar-refractivity contribution in [3.63, 3.8) is 0 Å². The van der Waals surface area contributed by atoms with Crippen LogP contribution in [0.5, 0.6) is 11.5 Å². The molecule has 0 aromatic heterocycles. The fourth-order valence-electron chi connectivity index (χ4n) is 2.83. The van der Waals surface area contributed by atoms with E-state index in [1.54, 1.807) is 0 Å². The monoisotopic (exact) mass is 343 g/mol. The van der Waals surface area contributed by atoms with Crippen LogP contribution in [0, 0.1) is 6.92 Å². The first-order valence-electron chi connectivity index (χ1n) is 8.37. The van der Waals surface area contributed by atoms with Gasteiger partial charge in [0.25, 0.3) is 0 Å². The highest BCUT2D eigenvalue weighted by molar-refractivity contribution is 5.98. The Balaban J connectivity index is 1.62. The summed E-state index contributed by atoms with van der Waals surface area (Å²) in [6.07, 6.45) is 0.161. The van der Waals surface area contributed by atoms with E-state index in [1.807, 2.05) is 79.7 Å². The largest absolute Gasteiger partial charge is 0.461 e. The Morgan fingerprint density at radius 3 is 2.42 bits per heavy atom. The minimum Gasteiger partial charge on any atom is -0.461 e. The van der Waals surface area contributed by atoms with Gasteiger partial charge in [-0.2, -0.15) is 0 Å². The molecule has 0 saturated heterocycles. The van der Waals surface area contributed by atoms with Crippen LogP contribution in [0.4, 0.5) is 5.69 Å². The first-order chi connectivity index (χ1) is 12.7. The molecule has 4 rings (SSSR count). The van der Waals surface area contributed by atoms with Gasteiger partial charge in [-0.25, -0.2) is 4.99 Å². The number of hydrogen-bond acceptors (Lipinski definition) is 4. The van der Waals surface area contributed by atoms with Crippen LogP contribution >= 0.6 is 0 Å². The molecule has 0 aliphatic carbocycles. The maximum absolute atomic E-state index is 11.4. The van der Waals surface area contributed by atoms with Crippen LogP contribution in [-0.4, -0.2) is 12.2 Å². The van der Waals surface area contributed by atoms with Crippen molar-refractivity contribution in [1.29, 1.82) is 0 Å². The second-order valence-corrected chi connectivity index (χ2v) is 6.09. The van der Waals surface area contributed by atoms with Gasteiger partial charge < -0.3 is 9.47 Å². The fraction of sp³-hybridized carbons (Fsp3) is 0.0909. The van der Waals surface area contributed by atoms with Gasteiger partial charge in [0, 0.05) is 11.1 Å². The van der Waals surface area contributed by atoms with Crippen LogP contribution < -0.4 is 4.74 Å². The topological polar surface area (TPSA) is 47.9 Å². The number of carbonyl (C=O) groups excluding carboxylic acids is 1. The number of carbonyl (C=O) groups is 1. The first-order valence-corrected chi connectivity index (χ1v) is 8.37. The van der Waals surface area contributed by atoms with Crippen molar-refractivity contribution in [3.05, 3.63) is 89.5 Å². The fourth-order valence-corrected chi connectivity index (χ4v) is 2.83. The van der Waals surface area contributed by atoms with E-state index < -0.39 is 6.10 Å². The van der Waals surface area contributed by atoms with E-state index in [4.69, 9.17) is 9.47 Å². The SMILES string of the molecule is Cc1ccc2c(c1)N=C(c1ccc(Oc3ccccc3)cc1)OC2C=O. The smallest absolute Gasteiger partial charge is 0.222 e. The van der Waals surface area contributed by atoms with Gasteiger partial charge in [0.05, 0.1) is 5.69 Å². The number of nitrogens with zero attached hydrogens (tertiary/aromatic N) is 1. The molecule has 0 radical (unpaired) electrons. The van der Waals surface area contributed by atoms with Crippen molar-refractivity contribution in [2.24, 2.45) is 4.99 Å². The molecule has 4 nitrogen and oxygen atoms in total. The second kappa shape index (κ2) is 6.84. The summed E-state index contributed by atoms with van der Waals surface area (Å²) in [4.78, 5) is 16.0. The van der Waals surface area contributed by atoms with Crippen LogP contribution in [0.1, 0.15) is 22.8 Å². The Hall–Kier alpha value is -3.40. The van der Waals surface area contributed by atoms with Gasteiger partial charge in [-0.1, -0.05) is 30.3 Å². The summed E-state index contributed by atoms with van der Waals surface area (Å²) in [7, 11) is 0. The molecule has 0 saturated carbocycles. The van der Waals surface area contributed by atoms with E-state index >= 15 is 0 Å². The minimum atomic E-state index is -0.640. The van der Waals surface area contributed by atoms with E-state index in [9.17, 15) is 4.79 Å². The molecular formula is C22H17NO3. The zero-order valence-corrected chi connectivity index (χ0v) is 14.3. The summed E-state index contributed by atoms with van der Waals surface area (Å²) in [5.41, 5.74) is 3.45. The molecule has 0 fully saturated rings. The van der Waals surface area contributed by atoms with Crippen molar-refractivity contribution < 1.29 is 14.3 Å². The number of fused-ring (bicyclic) bond motifs is 1. The molecule has 3 aromatic carbocycles. The lowest BCUT2D eigenvalue weighted by atomic mass is 10.0. The lowest BCUT2D eigenvalue weighted by Gasteiger charge is -2.22. The predicted molar refractivity (Wildman–Crippen MR) is 100 cm³/mol. The third-order valence-electron chi connectivity index (χ3n) is 4.16. The van der Waals surface area contributed by atoms with Gasteiger partial charge in [0.15, 0.2) is 12.4 Å². The summed E-state index contributed by atoms with van der Waals surface area (Å²) in [5, 5.41) is 0. The molecule has 3 aromatic rings. The Morgan fingerprint density at radius 1 is 0.962 bits per heavy atom. The first kappa shape index (κ1) is 16.1. The molecular weight excluding hydrogens is 326 g/mol. The third kappa shape index (κ3) is 3.22. The van der Waals surface area contributed by atoms with E-state index in [1.165, 1.54) is 0 Å². The van der Waals surface area contributed by atoms with Gasteiger partial charge in [-0.05, 0) is 55.0 Å². The average molecular weight is 343 g/mol. The van der Waals surface area contributed by atoms with Crippen LogP contribution in [0.3, 0.4) is 0 Å². The molecule has 1 unspecified atom stereocenters. The lowest BCUT2D eigenvalue weighted by Crippen LogP contribution is -2.17. The molecule has 0 spiro atoms. The average Bonchev–Trinajstić information content (AvgIpc) is 2.68. The van der Waals surface area contributed by atoms with Crippen molar-refractivity contribution >= 4 is 17.9 Å². The molecule has 128 valence electrons. The molecule has 4 heteroatoms. The quantitative estimate of drug-likeness (QED) is 0.617. The summed E-state index contributed by atoms with van der Waals surface area (Å²) in [6.45, 7) is 2.00. The molecule has 0 N–H and O–H groups in total. The highest BCUT2D eigenvalue weighted by atomic mass is 16.5. The third-order valence-corrected chi connectivity index (χ3v) is 4.16. The summed E-state index contributed by atoms with van der Waals surface area (Å²) >= 11 is 0. The maximum Gasteiger partial charge on any atom is 0.222 e. The summed E-state index contributed by atoms with van der Waals surface area (Å²) in [5.74, 6) is 1.93. The van der Waals surface area contributed by atoms with Crippen molar-refractivity contribution in [2.45, 2.75) is 13.0 Å². The Bertz CT molecular complexity index is 962. The van der Waals surface area contributed by atoms with E-state index in [0.29, 0.717) is 5.90 Å². The van der Waals surface area contributed by atoms with Gasteiger partial charge in [-0.15, -0.1) is 0 Å². The summed E-state index contributed by atoms with van der Waals surface area (Å²) in [6, 6.07) is 22.9. The van der Waals surface area contributed by atoms with Gasteiger partial charge in [0.2, 0.25) is 5.90 Å². The molecule has 1 atom stereocenters. The number of aryl methyl sites for hydroxylation is 1. The Kier molecular flexibility index (Phi) is 4.23. The van der Waals surface area contributed by atoms with Crippen molar-refractivity contribution in [3.8, 4) is 11.5 Å². The number of hydrogen-bond donors (Lipinski definition) is 0. The molecule has 26 heavy (non-hydrogen) atoms. The molecule has 0 amide bonds. The standard InChI is InChI=1S/C22H17NO3/c1-15-7-12-19-20(13-15)23-22(26-21(19)14-24)16-8-10-18(11-9-16)25-17-5-3-2-4-6-17/h2-14,21H,1H3. The number of benzene rings is 3. The van der Waals surface area contributed by atoms with E-state index in [0.717, 1.165) is 40.2 Å². The van der Waals surface area contributed by atoms with E-state index in [2.05, 4.69) is 4.99 Å². The van der Waals surface area contributed by atoms with Crippen molar-refractivity contribution in [2.75, 3.05) is 0 Å². The highest BCUT2D eigenvalue weighted by Gasteiger charge is 2.24. The predicted octanol–water partition coefficient (Wildman–Crippen LogP) is 5.14. The molecule has 0 bridgehead atoms. The van der Waals surface area contributed by atoms with Gasteiger partial charge in [0.1, 0.15) is 11.5 Å². The number of aliphatic imine (C=N–C) groups is 1. The van der Waals surface area contributed by atoms with Crippen LogP contribution in [0.2, 0.25) is 0 Å². The van der Waals surface area contributed by atoms with Crippen LogP contribution in [0.15, 0.2) is 77.8 Å². The zero-order valence-electron chi connectivity index (χ0n) is 14.3. The maximum atomic E-state index is 11.4. The highest BCUT2D eigenvalue weighted by Crippen LogP contribution is 2.34. The van der Waals surface area contributed by atoms with Crippen molar-refractivity contribution in [1.82, 2.24) is 0 Å². The molecule has 1 aliphatic rings. The van der Waals surface area contributed by atoms with Gasteiger partial charge >= 0.3 is 0 Å². The summed E-state index contributed by atoms with van der Waals surface area (Å²) < 4.78 is 11.6. The Morgan fingerprint density at radius 2 is 1.69 bits per heavy atom. The molecule has 1 aliphatic heterocycles. The minimum absolute atomic E-state index is 0.437. The van der Waals surface area contributed by atoms with Crippen LogP contribution in [0.25, 0.3) is 0 Å². The van der Waals surface area contributed by atoms with Crippen LogP contribution in [-0.2, 0) is 9.53 Å². The lowest BCUT2D eigenvalue weighted by molar-refractivity contribution is -0.114. The number of rotatable bonds is 4. The second-order valence-electron chi connectivity index (χ2n) is 6.09. The molecule has 1 heterocycles. The number of ether oxygens (including phenoxy) is 2. The van der Waals surface area contributed by atoms with Gasteiger partial charge in [-0.3, -0.25) is 4.79 Å². The normalized spacial score (nSPS) is 15.4. The number of aldehydes is 1. The van der Waals surface area contributed by atoms with E-state index in [-0.39, 0.29) is 0 Å². The zero-order chi connectivity index (χ0) is 17.9. The number of para-hydroxylation sites is 1. The Labute approximate surface area is 151 Å².